The molecule has 0 aliphatic rings. The van der Waals surface area contributed by atoms with E-state index < -0.39 is 0 Å². The molecular weight excluding hydrogens is 218 g/mol. The Labute approximate surface area is 110 Å². The van der Waals surface area contributed by atoms with Gasteiger partial charge in [0.1, 0.15) is 0 Å². The van der Waals surface area contributed by atoms with Gasteiger partial charge in [-0.1, -0.05) is 43.7 Å². The van der Waals surface area contributed by atoms with Crippen LogP contribution in [-0.4, -0.2) is 4.98 Å². The first-order valence-electron chi connectivity index (χ1n) is 6.85. The molecule has 1 aromatic heterocycles. The molecule has 2 aromatic rings. The Morgan fingerprint density at radius 2 is 1.50 bits per heavy atom. The van der Waals surface area contributed by atoms with Crippen LogP contribution in [-0.2, 0) is 19.3 Å². The lowest BCUT2D eigenvalue weighted by Crippen LogP contribution is -1.92. The molecule has 0 N–H and O–H groups in total. The highest BCUT2D eigenvalue weighted by molar-refractivity contribution is 5.24. The minimum Gasteiger partial charge on any atom is -0.264 e. The summed E-state index contributed by atoms with van der Waals surface area (Å²) in [6, 6.07) is 13.2. The lowest BCUT2D eigenvalue weighted by atomic mass is 10.0. The molecule has 0 amide bonds. The van der Waals surface area contributed by atoms with Gasteiger partial charge < -0.3 is 0 Å². The van der Waals surface area contributed by atoms with Crippen molar-refractivity contribution in [3.8, 4) is 0 Å². The fourth-order valence-corrected chi connectivity index (χ4v) is 2.09. The Bertz CT molecular complexity index is 445. The third-order valence-corrected chi connectivity index (χ3v) is 3.27. The third kappa shape index (κ3) is 3.99. The number of unbranched alkanes of at least 4 members (excludes halogenated alkanes) is 1. The number of aryl methyl sites for hydroxylation is 3. The smallest absolute Gasteiger partial charge is 0.0299 e. The van der Waals surface area contributed by atoms with Gasteiger partial charge in [0.15, 0.2) is 0 Å². The van der Waals surface area contributed by atoms with Gasteiger partial charge in [-0.05, 0) is 48.4 Å². The van der Waals surface area contributed by atoms with E-state index in [2.05, 4.69) is 42.2 Å². The van der Waals surface area contributed by atoms with Gasteiger partial charge in [0.2, 0.25) is 0 Å². The highest BCUT2D eigenvalue weighted by Gasteiger charge is 1.97. The second kappa shape index (κ2) is 6.95. The normalized spacial score (nSPS) is 10.5. The van der Waals surface area contributed by atoms with Crippen LogP contribution in [0.25, 0.3) is 0 Å². The first-order chi connectivity index (χ1) is 8.88. The molecule has 1 nitrogen and oxygen atoms in total. The topological polar surface area (TPSA) is 12.9 Å². The highest BCUT2D eigenvalue weighted by atomic mass is 14.6. The van der Waals surface area contributed by atoms with E-state index in [1.807, 2.05) is 18.5 Å². The molecule has 0 radical (unpaired) electrons. The second-order valence-corrected chi connectivity index (χ2v) is 4.78. The minimum absolute atomic E-state index is 1.07. The van der Waals surface area contributed by atoms with Crippen LogP contribution in [0.3, 0.4) is 0 Å². The fourth-order valence-electron chi connectivity index (χ4n) is 2.09. The van der Waals surface area contributed by atoms with Crippen LogP contribution >= 0.6 is 0 Å². The van der Waals surface area contributed by atoms with Crippen molar-refractivity contribution in [1.29, 1.82) is 0 Å². The number of hydrogen-bond donors (Lipinski definition) is 0. The predicted molar refractivity (Wildman–Crippen MR) is 76.7 cm³/mol. The van der Waals surface area contributed by atoms with Crippen LogP contribution in [0.4, 0.5) is 0 Å². The maximum absolute atomic E-state index is 4.14. The Morgan fingerprint density at radius 1 is 0.833 bits per heavy atom. The van der Waals surface area contributed by atoms with Crippen LogP contribution in [0.1, 0.15) is 36.5 Å². The quantitative estimate of drug-likeness (QED) is 0.736. The maximum Gasteiger partial charge on any atom is 0.0299 e. The number of benzene rings is 1. The minimum atomic E-state index is 1.07. The molecule has 0 saturated carbocycles. The molecule has 0 unspecified atom stereocenters. The van der Waals surface area contributed by atoms with Crippen LogP contribution in [0.15, 0.2) is 48.8 Å². The lowest BCUT2D eigenvalue weighted by Gasteiger charge is -2.04. The summed E-state index contributed by atoms with van der Waals surface area (Å²) in [5, 5.41) is 0. The van der Waals surface area contributed by atoms with Gasteiger partial charge in [-0.25, -0.2) is 0 Å². The summed E-state index contributed by atoms with van der Waals surface area (Å²) < 4.78 is 0. The van der Waals surface area contributed by atoms with E-state index in [1.165, 1.54) is 36.0 Å². The first kappa shape index (κ1) is 12.8. The molecule has 2 rings (SSSR count). The zero-order valence-corrected chi connectivity index (χ0v) is 11.1. The lowest BCUT2D eigenvalue weighted by molar-refractivity contribution is 0.794. The molecule has 0 fully saturated rings. The third-order valence-electron chi connectivity index (χ3n) is 3.27. The summed E-state index contributed by atoms with van der Waals surface area (Å²) in [5.41, 5.74) is 4.19. The molecule has 0 spiro atoms. The average molecular weight is 239 g/mol. The molecule has 0 aliphatic carbocycles. The standard InChI is InChI=1S/C17H21N/c1-2-3-5-15-7-9-16(10-8-15)11-12-17-6-4-13-18-14-17/h4,6-10,13-14H,2-3,5,11-12H2,1H3. The van der Waals surface area contributed by atoms with Gasteiger partial charge in [-0.15, -0.1) is 0 Å². The molecule has 0 bridgehead atoms. The van der Waals surface area contributed by atoms with Crippen LogP contribution in [0.5, 0.6) is 0 Å². The largest absolute Gasteiger partial charge is 0.264 e. The van der Waals surface area contributed by atoms with E-state index in [0.717, 1.165) is 12.8 Å². The van der Waals surface area contributed by atoms with Crippen molar-refractivity contribution in [2.45, 2.75) is 39.0 Å². The molecule has 1 heteroatoms. The van der Waals surface area contributed by atoms with Crippen molar-refractivity contribution in [3.05, 3.63) is 65.5 Å². The molecule has 1 heterocycles. The molecule has 1 aromatic carbocycles. The molecule has 0 saturated heterocycles. The SMILES string of the molecule is CCCCc1ccc(CCc2cccnc2)cc1. The Hall–Kier alpha value is -1.63. The highest BCUT2D eigenvalue weighted by Crippen LogP contribution is 2.10. The van der Waals surface area contributed by atoms with Gasteiger partial charge in [0, 0.05) is 12.4 Å². The molecule has 18 heavy (non-hydrogen) atoms. The van der Waals surface area contributed by atoms with Gasteiger partial charge in [-0.3, -0.25) is 4.98 Å². The zero-order chi connectivity index (χ0) is 12.6. The molecule has 0 aliphatic heterocycles. The predicted octanol–water partition coefficient (Wildman–Crippen LogP) is 4.21. The molecule has 94 valence electrons. The van der Waals surface area contributed by atoms with Crippen LogP contribution < -0.4 is 0 Å². The van der Waals surface area contributed by atoms with E-state index >= 15 is 0 Å². The molecule has 0 atom stereocenters. The second-order valence-electron chi connectivity index (χ2n) is 4.78. The zero-order valence-electron chi connectivity index (χ0n) is 11.1. The van der Waals surface area contributed by atoms with Crippen molar-refractivity contribution >= 4 is 0 Å². The summed E-state index contributed by atoms with van der Waals surface area (Å²) in [6.07, 6.45) is 9.71. The Morgan fingerprint density at radius 3 is 2.11 bits per heavy atom. The van der Waals surface area contributed by atoms with E-state index in [9.17, 15) is 0 Å². The molecular formula is C17H21N. The number of nitrogens with zero attached hydrogens (tertiary/aromatic N) is 1. The maximum atomic E-state index is 4.14. The number of aromatic nitrogens is 1. The van der Waals surface area contributed by atoms with E-state index in [-0.39, 0.29) is 0 Å². The van der Waals surface area contributed by atoms with Gasteiger partial charge in [0.25, 0.3) is 0 Å². The summed E-state index contributed by atoms with van der Waals surface area (Å²) in [5.74, 6) is 0. The van der Waals surface area contributed by atoms with Crippen molar-refractivity contribution < 1.29 is 0 Å². The Kier molecular flexibility index (Phi) is 4.95. The fraction of sp³-hybridized carbons (Fsp3) is 0.353. The number of pyridine rings is 1. The van der Waals surface area contributed by atoms with Crippen LogP contribution in [0.2, 0.25) is 0 Å². The number of rotatable bonds is 6. The van der Waals surface area contributed by atoms with Gasteiger partial charge in [-0.2, -0.15) is 0 Å². The van der Waals surface area contributed by atoms with E-state index in [0.29, 0.717) is 0 Å². The van der Waals surface area contributed by atoms with Crippen molar-refractivity contribution in [1.82, 2.24) is 4.98 Å². The van der Waals surface area contributed by atoms with Crippen molar-refractivity contribution in [3.63, 3.8) is 0 Å². The van der Waals surface area contributed by atoms with Crippen LogP contribution in [0, 0.1) is 0 Å². The number of hydrogen-bond acceptors (Lipinski definition) is 1. The van der Waals surface area contributed by atoms with Gasteiger partial charge >= 0.3 is 0 Å². The van der Waals surface area contributed by atoms with Gasteiger partial charge in [0.05, 0.1) is 0 Å². The van der Waals surface area contributed by atoms with E-state index in [4.69, 9.17) is 0 Å². The van der Waals surface area contributed by atoms with E-state index in [1.54, 1.807) is 0 Å². The average Bonchev–Trinajstić information content (AvgIpc) is 2.45. The Balaban J connectivity index is 1.86. The van der Waals surface area contributed by atoms with Crippen molar-refractivity contribution in [2.24, 2.45) is 0 Å². The summed E-state index contributed by atoms with van der Waals surface area (Å²) in [7, 11) is 0. The summed E-state index contributed by atoms with van der Waals surface area (Å²) in [6.45, 7) is 2.24. The summed E-state index contributed by atoms with van der Waals surface area (Å²) in [4.78, 5) is 4.14. The van der Waals surface area contributed by atoms with Crippen molar-refractivity contribution in [2.75, 3.05) is 0 Å². The first-order valence-corrected chi connectivity index (χ1v) is 6.85. The summed E-state index contributed by atoms with van der Waals surface area (Å²) >= 11 is 0. The monoisotopic (exact) mass is 239 g/mol.